The number of likely N-dealkylation sites (N-methyl/N-ethyl adjacent to an activating group) is 1. The molecule has 0 radical (unpaired) electrons. The lowest BCUT2D eigenvalue weighted by Gasteiger charge is -2.50. The maximum atomic E-state index is 13.9. The summed E-state index contributed by atoms with van der Waals surface area (Å²) in [5, 5.41) is 7.78. The molecule has 0 unspecified atom stereocenters. The monoisotopic (exact) mass is 573 g/mol. The Hall–Kier alpha value is -2.53. The molecule has 4 atom stereocenters. The number of likely N-dealkylation sites (tertiary alicyclic amines) is 2. The highest BCUT2D eigenvalue weighted by atomic mass is 32.1. The van der Waals surface area contributed by atoms with Gasteiger partial charge in [0.15, 0.2) is 5.01 Å². The van der Waals surface area contributed by atoms with Gasteiger partial charge < -0.3 is 25.2 Å². The van der Waals surface area contributed by atoms with Gasteiger partial charge in [-0.25, -0.2) is 4.98 Å². The van der Waals surface area contributed by atoms with Crippen molar-refractivity contribution in [2.75, 3.05) is 39.8 Å². The zero-order valence-electron chi connectivity index (χ0n) is 24.1. The van der Waals surface area contributed by atoms with E-state index in [2.05, 4.69) is 29.5 Å². The molecule has 1 aromatic heterocycles. The predicted molar refractivity (Wildman–Crippen MR) is 150 cm³/mol. The molecule has 1 spiro atoms. The molecule has 0 aromatic carbocycles. The van der Waals surface area contributed by atoms with Crippen LogP contribution in [0.3, 0.4) is 0 Å². The number of carbonyl (C=O) groups excluding carboxylic acids is 4. The number of ether oxygens (including phenoxy) is 1. The van der Waals surface area contributed by atoms with Crippen molar-refractivity contribution in [3.8, 4) is 0 Å². The Kier molecular flexibility index (Phi) is 8.25. The maximum Gasteiger partial charge on any atom is 0.282 e. The molecule has 40 heavy (non-hydrogen) atoms. The van der Waals surface area contributed by atoms with Crippen LogP contribution in [0, 0.1) is 28.6 Å². The first-order valence-corrected chi connectivity index (χ1v) is 15.5. The Morgan fingerprint density at radius 2 is 1.77 bits per heavy atom. The molecule has 1 aromatic rings. The SMILES string of the molecule is CNC(=O)[C@@H](NC(=O)[C@@H]1CN(C(=O)c2nccs2)CC12CN(C(=O)[C@H]1CC1(C)C)C2)[C@@H](C)OCC1CCCCC1. The lowest BCUT2D eigenvalue weighted by Crippen LogP contribution is -2.65. The molecule has 2 saturated carbocycles. The quantitative estimate of drug-likeness (QED) is 0.468. The summed E-state index contributed by atoms with van der Waals surface area (Å²) < 4.78 is 6.13. The molecule has 4 amide bonds. The first-order valence-electron chi connectivity index (χ1n) is 14.7. The standard InChI is InChI=1S/C29H43N5O5S/c1-18(39-14-19-8-6-5-7-9-19)22(24(36)30-4)32-23(35)21-13-33(27(38)25-31-10-11-40-25)15-29(21)16-34(17-29)26(37)20-12-28(20,2)3/h10-11,18-22H,5-9,12-17H2,1-4H3,(H,30,36)(H,32,35)/t18-,20-,21+,22+/m1/s1. The molecule has 4 fully saturated rings. The van der Waals surface area contributed by atoms with E-state index in [-0.39, 0.29) is 41.5 Å². The molecular weight excluding hydrogens is 530 g/mol. The lowest BCUT2D eigenvalue weighted by molar-refractivity contribution is -0.152. The summed E-state index contributed by atoms with van der Waals surface area (Å²) >= 11 is 1.27. The number of rotatable bonds is 9. The highest BCUT2D eigenvalue weighted by Crippen LogP contribution is 2.54. The fourth-order valence-corrected chi connectivity index (χ4v) is 7.39. The van der Waals surface area contributed by atoms with Gasteiger partial charge in [-0.2, -0.15) is 0 Å². The maximum absolute atomic E-state index is 13.9. The fourth-order valence-electron chi connectivity index (χ4n) is 6.79. The van der Waals surface area contributed by atoms with Gasteiger partial charge in [0, 0.05) is 62.7 Å². The van der Waals surface area contributed by atoms with Gasteiger partial charge in [-0.05, 0) is 37.5 Å². The van der Waals surface area contributed by atoms with Gasteiger partial charge in [-0.15, -0.1) is 11.3 Å². The Morgan fingerprint density at radius 3 is 2.38 bits per heavy atom. The second kappa shape index (κ2) is 11.4. The third-order valence-electron chi connectivity index (χ3n) is 9.62. The number of nitrogens with zero attached hydrogens (tertiary/aromatic N) is 3. The van der Waals surface area contributed by atoms with E-state index in [1.54, 1.807) is 23.5 Å². The van der Waals surface area contributed by atoms with Crippen LogP contribution in [0.2, 0.25) is 0 Å². The number of hydrogen-bond acceptors (Lipinski definition) is 7. The molecular formula is C29H43N5O5S. The van der Waals surface area contributed by atoms with Crippen LogP contribution < -0.4 is 10.6 Å². The number of thiazole rings is 1. The van der Waals surface area contributed by atoms with Gasteiger partial charge in [-0.1, -0.05) is 33.1 Å². The Balaban J connectivity index is 1.28. The minimum absolute atomic E-state index is 0.0198. The largest absolute Gasteiger partial charge is 0.376 e. The van der Waals surface area contributed by atoms with Gasteiger partial charge >= 0.3 is 0 Å². The molecule has 10 nitrogen and oxygen atoms in total. The summed E-state index contributed by atoms with van der Waals surface area (Å²) in [5.74, 6) is -0.714. The van der Waals surface area contributed by atoms with E-state index in [1.807, 2.05) is 11.8 Å². The summed E-state index contributed by atoms with van der Waals surface area (Å²) in [4.78, 5) is 60.8. The number of carbonyl (C=O) groups is 4. The fraction of sp³-hybridized carbons (Fsp3) is 0.759. The van der Waals surface area contributed by atoms with Crippen molar-refractivity contribution in [1.29, 1.82) is 0 Å². The van der Waals surface area contributed by atoms with Crippen molar-refractivity contribution in [2.45, 2.75) is 71.4 Å². The van der Waals surface area contributed by atoms with Crippen molar-refractivity contribution in [1.82, 2.24) is 25.4 Å². The highest BCUT2D eigenvalue weighted by Gasteiger charge is 2.62. The summed E-state index contributed by atoms with van der Waals surface area (Å²) in [6, 6.07) is -0.855. The number of nitrogens with one attached hydrogen (secondary N) is 2. The Morgan fingerprint density at radius 1 is 1.10 bits per heavy atom. The molecule has 5 rings (SSSR count). The number of amides is 4. The molecule has 2 aliphatic heterocycles. The lowest BCUT2D eigenvalue weighted by atomic mass is 9.70. The predicted octanol–water partition coefficient (Wildman–Crippen LogP) is 2.31. The number of aromatic nitrogens is 1. The van der Waals surface area contributed by atoms with Crippen molar-refractivity contribution in [3.05, 3.63) is 16.6 Å². The smallest absolute Gasteiger partial charge is 0.282 e. The third kappa shape index (κ3) is 5.77. The minimum Gasteiger partial charge on any atom is -0.376 e. The Labute approximate surface area is 240 Å². The molecule has 2 aliphatic carbocycles. The van der Waals surface area contributed by atoms with E-state index >= 15 is 0 Å². The van der Waals surface area contributed by atoms with Crippen molar-refractivity contribution in [3.63, 3.8) is 0 Å². The molecule has 2 N–H and O–H groups in total. The summed E-state index contributed by atoms with van der Waals surface area (Å²) in [6.45, 7) is 8.05. The molecule has 2 saturated heterocycles. The molecule has 0 bridgehead atoms. The van der Waals surface area contributed by atoms with Crippen LogP contribution in [-0.2, 0) is 19.1 Å². The van der Waals surface area contributed by atoms with Gasteiger partial charge in [0.2, 0.25) is 17.7 Å². The van der Waals surface area contributed by atoms with Gasteiger partial charge in [0.1, 0.15) is 6.04 Å². The zero-order valence-corrected chi connectivity index (χ0v) is 24.9. The van der Waals surface area contributed by atoms with Crippen molar-refractivity contribution < 1.29 is 23.9 Å². The summed E-state index contributed by atoms with van der Waals surface area (Å²) in [7, 11) is 1.55. The van der Waals surface area contributed by atoms with Crippen LogP contribution in [0.1, 0.15) is 69.1 Å². The second-order valence-corrected chi connectivity index (χ2v) is 13.9. The van der Waals surface area contributed by atoms with Crippen molar-refractivity contribution in [2.24, 2.45) is 28.6 Å². The molecule has 3 heterocycles. The first-order chi connectivity index (χ1) is 19.0. The molecule has 4 aliphatic rings. The van der Waals surface area contributed by atoms with E-state index in [4.69, 9.17) is 4.74 Å². The molecule has 11 heteroatoms. The van der Waals surface area contributed by atoms with E-state index in [0.717, 1.165) is 19.3 Å². The van der Waals surface area contributed by atoms with Crippen LogP contribution in [0.5, 0.6) is 0 Å². The third-order valence-corrected chi connectivity index (χ3v) is 10.4. The van der Waals surface area contributed by atoms with E-state index in [0.29, 0.717) is 37.2 Å². The normalized spacial score (nSPS) is 26.6. The first kappa shape index (κ1) is 29.0. The van der Waals surface area contributed by atoms with Gasteiger partial charge in [0.25, 0.3) is 5.91 Å². The van der Waals surface area contributed by atoms with Gasteiger partial charge in [-0.3, -0.25) is 19.2 Å². The van der Waals surface area contributed by atoms with Crippen LogP contribution >= 0.6 is 11.3 Å². The number of hydrogen-bond donors (Lipinski definition) is 2. The zero-order chi connectivity index (χ0) is 28.7. The van der Waals surface area contributed by atoms with E-state index in [1.165, 1.54) is 30.6 Å². The van der Waals surface area contributed by atoms with Crippen molar-refractivity contribution >= 4 is 35.0 Å². The van der Waals surface area contributed by atoms with Crippen LogP contribution in [0.15, 0.2) is 11.6 Å². The topological polar surface area (TPSA) is 121 Å². The average Bonchev–Trinajstić information content (AvgIpc) is 3.30. The van der Waals surface area contributed by atoms with E-state index in [9.17, 15) is 19.2 Å². The van der Waals surface area contributed by atoms with Crippen LogP contribution in [0.25, 0.3) is 0 Å². The summed E-state index contributed by atoms with van der Waals surface area (Å²) in [5.41, 5.74) is -0.529. The minimum atomic E-state index is -0.855. The second-order valence-electron chi connectivity index (χ2n) is 13.0. The van der Waals surface area contributed by atoms with Gasteiger partial charge in [0.05, 0.1) is 12.0 Å². The molecule has 220 valence electrons. The average molecular weight is 574 g/mol. The van der Waals surface area contributed by atoms with E-state index < -0.39 is 23.5 Å². The van der Waals surface area contributed by atoms with Crippen LogP contribution in [-0.4, -0.2) is 90.4 Å². The highest BCUT2D eigenvalue weighted by molar-refractivity contribution is 7.11. The summed E-state index contributed by atoms with van der Waals surface area (Å²) in [6.07, 6.45) is 7.89. The van der Waals surface area contributed by atoms with Crippen LogP contribution in [0.4, 0.5) is 0 Å². The Bertz CT molecular complexity index is 1110.